The number of pyridine rings is 1. The van der Waals surface area contributed by atoms with Crippen LogP contribution < -0.4 is 4.72 Å². The topological polar surface area (TPSA) is 101 Å². The SMILES string of the molecule is Cn1c(CCC(=O)O)cc(CCc2cccnc2)c1CCNS(=O)(=O)c1ccc(Cl)cc1. The van der Waals surface area contributed by atoms with Gasteiger partial charge in [-0.05, 0) is 66.8 Å². The number of carboxylic acid groups (broad SMARTS) is 1. The Morgan fingerprint density at radius 1 is 1.12 bits per heavy atom. The van der Waals surface area contributed by atoms with E-state index >= 15 is 0 Å². The third kappa shape index (κ3) is 6.41. The number of aromatic nitrogens is 2. The molecule has 0 saturated heterocycles. The highest BCUT2D eigenvalue weighted by Crippen LogP contribution is 2.20. The van der Waals surface area contributed by atoms with E-state index in [4.69, 9.17) is 16.7 Å². The zero-order valence-corrected chi connectivity index (χ0v) is 19.4. The van der Waals surface area contributed by atoms with Gasteiger partial charge in [-0.15, -0.1) is 0 Å². The van der Waals surface area contributed by atoms with Crippen LogP contribution in [0.5, 0.6) is 0 Å². The highest BCUT2D eigenvalue weighted by Gasteiger charge is 2.17. The van der Waals surface area contributed by atoms with Crippen molar-refractivity contribution < 1.29 is 18.3 Å². The second-order valence-corrected chi connectivity index (χ2v) is 9.73. The molecule has 0 aliphatic heterocycles. The molecule has 7 nitrogen and oxygen atoms in total. The molecule has 1 aromatic carbocycles. The van der Waals surface area contributed by atoms with Crippen LogP contribution in [0.3, 0.4) is 0 Å². The van der Waals surface area contributed by atoms with E-state index in [1.807, 2.05) is 36.0 Å². The molecule has 2 heterocycles. The zero-order valence-electron chi connectivity index (χ0n) is 17.8. The van der Waals surface area contributed by atoms with Crippen LogP contribution in [0.1, 0.15) is 28.9 Å². The second kappa shape index (κ2) is 10.8. The molecule has 0 radical (unpaired) electrons. The summed E-state index contributed by atoms with van der Waals surface area (Å²) in [5.41, 5.74) is 4.11. The first-order valence-corrected chi connectivity index (χ1v) is 12.1. The number of aliphatic carboxylic acids is 1. The summed E-state index contributed by atoms with van der Waals surface area (Å²) < 4.78 is 29.8. The van der Waals surface area contributed by atoms with Crippen molar-refractivity contribution in [3.63, 3.8) is 0 Å². The maximum absolute atomic E-state index is 12.6. The van der Waals surface area contributed by atoms with Gasteiger partial charge in [0.2, 0.25) is 10.0 Å². The Hall–Kier alpha value is -2.68. The van der Waals surface area contributed by atoms with Gasteiger partial charge in [-0.1, -0.05) is 17.7 Å². The molecule has 9 heteroatoms. The van der Waals surface area contributed by atoms with Crippen molar-refractivity contribution in [3.8, 4) is 0 Å². The number of nitrogens with zero attached hydrogens (tertiary/aromatic N) is 2. The summed E-state index contributed by atoms with van der Waals surface area (Å²) in [4.78, 5) is 15.3. The van der Waals surface area contributed by atoms with Crippen molar-refractivity contribution in [2.45, 2.75) is 37.0 Å². The number of hydrogen-bond donors (Lipinski definition) is 2. The Kier molecular flexibility index (Phi) is 8.06. The van der Waals surface area contributed by atoms with Crippen LogP contribution in [0.2, 0.25) is 5.02 Å². The molecule has 3 aromatic rings. The van der Waals surface area contributed by atoms with E-state index in [-0.39, 0.29) is 17.9 Å². The van der Waals surface area contributed by atoms with Gasteiger partial charge in [0.25, 0.3) is 0 Å². The predicted octanol–water partition coefficient (Wildman–Crippen LogP) is 3.40. The Bertz CT molecular complexity index is 1160. The van der Waals surface area contributed by atoms with Crippen molar-refractivity contribution in [2.75, 3.05) is 6.54 Å². The van der Waals surface area contributed by atoms with Gasteiger partial charge in [-0.3, -0.25) is 9.78 Å². The van der Waals surface area contributed by atoms with Crippen LogP contribution in [0.15, 0.2) is 59.8 Å². The lowest BCUT2D eigenvalue weighted by Crippen LogP contribution is -2.26. The van der Waals surface area contributed by atoms with Crippen molar-refractivity contribution in [2.24, 2.45) is 7.05 Å². The maximum Gasteiger partial charge on any atom is 0.303 e. The fourth-order valence-electron chi connectivity index (χ4n) is 3.62. The van der Waals surface area contributed by atoms with E-state index in [2.05, 4.69) is 9.71 Å². The van der Waals surface area contributed by atoms with Gasteiger partial charge in [0.1, 0.15) is 0 Å². The average Bonchev–Trinajstić information content (AvgIpc) is 3.06. The summed E-state index contributed by atoms with van der Waals surface area (Å²) in [6.07, 6.45) is 6.05. The molecule has 0 unspecified atom stereocenters. The van der Waals surface area contributed by atoms with Crippen LogP contribution in [-0.2, 0) is 47.5 Å². The molecule has 2 N–H and O–H groups in total. The lowest BCUT2D eigenvalue weighted by atomic mass is 10.0. The molecule has 0 amide bonds. The van der Waals surface area contributed by atoms with E-state index in [1.165, 1.54) is 12.1 Å². The molecule has 0 bridgehead atoms. The average molecular weight is 476 g/mol. The van der Waals surface area contributed by atoms with Crippen molar-refractivity contribution in [1.29, 1.82) is 0 Å². The van der Waals surface area contributed by atoms with E-state index in [0.717, 1.165) is 35.4 Å². The molecular formula is C23H26ClN3O4S. The normalized spacial score (nSPS) is 11.6. The lowest BCUT2D eigenvalue weighted by molar-refractivity contribution is -0.136. The maximum atomic E-state index is 12.6. The minimum Gasteiger partial charge on any atom is -0.481 e. The first-order chi connectivity index (χ1) is 15.3. The number of rotatable bonds is 11. The number of sulfonamides is 1. The minimum atomic E-state index is -3.65. The minimum absolute atomic E-state index is 0.0442. The third-order valence-electron chi connectivity index (χ3n) is 5.33. The summed E-state index contributed by atoms with van der Waals surface area (Å²) >= 11 is 5.84. The first-order valence-electron chi connectivity index (χ1n) is 10.3. The van der Waals surface area contributed by atoms with Crippen LogP contribution in [0, 0.1) is 0 Å². The summed E-state index contributed by atoms with van der Waals surface area (Å²) in [6.45, 7) is 0.223. The number of carbonyl (C=O) groups is 1. The number of hydrogen-bond acceptors (Lipinski definition) is 4. The largest absolute Gasteiger partial charge is 0.481 e. The van der Waals surface area contributed by atoms with Gasteiger partial charge < -0.3 is 9.67 Å². The summed E-state index contributed by atoms with van der Waals surface area (Å²) in [6, 6.07) is 12.0. The van der Waals surface area contributed by atoms with Gasteiger partial charge in [-0.2, -0.15) is 0 Å². The number of benzene rings is 1. The lowest BCUT2D eigenvalue weighted by Gasteiger charge is -2.11. The van der Waals surface area contributed by atoms with Crippen molar-refractivity contribution >= 4 is 27.6 Å². The Morgan fingerprint density at radius 2 is 1.88 bits per heavy atom. The fourth-order valence-corrected chi connectivity index (χ4v) is 4.77. The smallest absolute Gasteiger partial charge is 0.303 e. The van der Waals surface area contributed by atoms with E-state index in [1.54, 1.807) is 18.3 Å². The first kappa shape index (κ1) is 24.0. The van der Waals surface area contributed by atoms with Gasteiger partial charge >= 0.3 is 5.97 Å². The standard InChI is InChI=1S/C23H26ClN3O4S/c1-27-20(8-11-23(28)29)15-18(5-4-17-3-2-13-25-16-17)22(27)12-14-26-32(30,31)21-9-6-19(24)7-10-21/h2-3,6-7,9-10,13,15-16,26H,4-5,8,11-12,14H2,1H3,(H,28,29). The summed E-state index contributed by atoms with van der Waals surface area (Å²) in [5, 5.41) is 9.52. The van der Waals surface area contributed by atoms with Gasteiger partial charge in [0, 0.05) is 48.8 Å². The number of carboxylic acids is 1. The van der Waals surface area contributed by atoms with Gasteiger partial charge in [0.15, 0.2) is 0 Å². The number of nitrogens with one attached hydrogen (secondary N) is 1. The quantitative estimate of drug-likeness (QED) is 0.442. The Labute approximate surface area is 193 Å². The van der Waals surface area contributed by atoms with Crippen molar-refractivity contribution in [1.82, 2.24) is 14.3 Å². The molecular weight excluding hydrogens is 450 g/mol. The fraction of sp³-hybridized carbons (Fsp3) is 0.304. The van der Waals surface area contributed by atoms with Gasteiger partial charge in [0.05, 0.1) is 11.3 Å². The van der Waals surface area contributed by atoms with E-state index in [9.17, 15) is 13.2 Å². The number of aryl methyl sites for hydroxylation is 3. The molecule has 0 saturated carbocycles. The molecule has 0 spiro atoms. The molecule has 0 aliphatic carbocycles. The molecule has 0 aliphatic rings. The zero-order chi connectivity index (χ0) is 23.1. The van der Waals surface area contributed by atoms with E-state index < -0.39 is 16.0 Å². The van der Waals surface area contributed by atoms with Crippen LogP contribution in [0.4, 0.5) is 0 Å². The molecule has 3 rings (SSSR count). The van der Waals surface area contributed by atoms with E-state index in [0.29, 0.717) is 17.9 Å². The second-order valence-electron chi connectivity index (χ2n) is 7.52. The molecule has 0 fully saturated rings. The molecule has 0 atom stereocenters. The van der Waals surface area contributed by atoms with Crippen LogP contribution in [-0.4, -0.2) is 35.6 Å². The summed E-state index contributed by atoms with van der Waals surface area (Å²) in [7, 11) is -1.75. The number of halogens is 1. The predicted molar refractivity (Wildman–Crippen MR) is 123 cm³/mol. The molecule has 2 aromatic heterocycles. The Balaban J connectivity index is 1.73. The third-order valence-corrected chi connectivity index (χ3v) is 7.05. The molecule has 32 heavy (non-hydrogen) atoms. The van der Waals surface area contributed by atoms with Gasteiger partial charge in [-0.25, -0.2) is 13.1 Å². The van der Waals surface area contributed by atoms with Crippen molar-refractivity contribution in [3.05, 3.63) is 82.4 Å². The summed E-state index contributed by atoms with van der Waals surface area (Å²) in [5.74, 6) is -0.847. The highest BCUT2D eigenvalue weighted by molar-refractivity contribution is 7.89. The van der Waals surface area contributed by atoms with Crippen LogP contribution >= 0.6 is 11.6 Å². The monoisotopic (exact) mass is 475 g/mol. The highest BCUT2D eigenvalue weighted by atomic mass is 35.5. The molecule has 170 valence electrons. The Morgan fingerprint density at radius 3 is 2.53 bits per heavy atom. The van der Waals surface area contributed by atoms with Crippen LogP contribution in [0.25, 0.3) is 0 Å².